The molecule has 2 saturated heterocycles. The zero-order chi connectivity index (χ0) is 57.8. The number of rotatable bonds is 31. The molecule has 19 heteroatoms. The summed E-state index contributed by atoms with van der Waals surface area (Å²) in [5.74, 6) is -1.95. The summed E-state index contributed by atoms with van der Waals surface area (Å²) >= 11 is 0. The molecule has 0 unspecified atom stereocenters. The minimum atomic E-state index is -4.86. The van der Waals surface area contributed by atoms with Crippen molar-refractivity contribution in [1.29, 1.82) is 0 Å². The summed E-state index contributed by atoms with van der Waals surface area (Å²) in [6, 6.07) is 73.8. The van der Waals surface area contributed by atoms with E-state index in [9.17, 15) is 0 Å². The Morgan fingerprint density at radius 2 is 0.643 bits per heavy atom. The van der Waals surface area contributed by atoms with Crippen molar-refractivity contribution in [2.45, 2.75) is 95.6 Å². The van der Waals surface area contributed by atoms with Crippen LogP contribution in [0.1, 0.15) is 50.9 Å². The van der Waals surface area contributed by atoms with Crippen LogP contribution in [0.15, 0.2) is 243 Å². The second-order valence-electron chi connectivity index (χ2n) is 20.0. The first-order valence-electron chi connectivity index (χ1n) is 27.6. The van der Waals surface area contributed by atoms with Crippen molar-refractivity contribution >= 4 is 23.5 Å². The predicted octanol–water partition coefficient (Wildman–Crippen LogP) is 15.1. The Labute approximate surface area is 490 Å². The molecule has 8 aromatic rings. The lowest BCUT2D eigenvalue weighted by molar-refractivity contribution is -0.356. The van der Waals surface area contributed by atoms with Gasteiger partial charge in [0.15, 0.2) is 0 Å². The second kappa shape index (κ2) is 30.3. The van der Waals surface area contributed by atoms with E-state index in [1.165, 1.54) is 0 Å². The van der Waals surface area contributed by atoms with Gasteiger partial charge in [-0.15, -0.1) is 0 Å². The van der Waals surface area contributed by atoms with Crippen molar-refractivity contribution in [1.82, 2.24) is 0 Å². The number of ether oxygens (including phenoxy) is 4. The van der Waals surface area contributed by atoms with Gasteiger partial charge in [0.25, 0.3) is 0 Å². The van der Waals surface area contributed by atoms with Crippen LogP contribution in [0.25, 0.3) is 0 Å². The van der Waals surface area contributed by atoms with Gasteiger partial charge >= 0.3 is 23.5 Å². The van der Waals surface area contributed by atoms with E-state index in [0.29, 0.717) is 22.3 Å². The van der Waals surface area contributed by atoms with Gasteiger partial charge in [0.1, 0.15) is 24.4 Å². The number of benzene rings is 8. The lowest BCUT2D eigenvalue weighted by atomic mass is 9.90. The SMILES string of the molecule is O=P(OCc1ccccc1)(OCc1ccccc1)O[C@@H]1CO[C@@]2(C1)O[C@H](COCc1ccccc1)[C@@H](OP(=O)(OCc1ccccc1)OCc1ccccc1)[C@H](OP(=O)(OCc1ccccc1)OCc1ccccc1)[C@H]2OCc1ccccc1. The lowest BCUT2D eigenvalue weighted by Gasteiger charge is -2.50. The van der Waals surface area contributed by atoms with E-state index < -0.39 is 59.8 Å². The highest BCUT2D eigenvalue weighted by atomic mass is 31.2. The van der Waals surface area contributed by atoms with Crippen LogP contribution in [0.5, 0.6) is 0 Å². The summed E-state index contributed by atoms with van der Waals surface area (Å²) in [6.45, 7) is -1.62. The van der Waals surface area contributed by atoms with Crippen LogP contribution in [-0.2, 0) is 126 Å². The van der Waals surface area contributed by atoms with Crippen molar-refractivity contribution in [3.63, 3.8) is 0 Å². The normalized spacial score (nSPS) is 20.0. The Bertz CT molecular complexity index is 3200. The first kappa shape index (κ1) is 61.0. The van der Waals surface area contributed by atoms with E-state index in [0.717, 1.165) is 22.3 Å². The maximum absolute atomic E-state index is 16.0. The number of hydrogen-bond donors (Lipinski definition) is 0. The molecule has 438 valence electrons. The maximum Gasteiger partial charge on any atom is 0.475 e. The average molecular weight is 1200 g/mol. The highest BCUT2D eigenvalue weighted by molar-refractivity contribution is 7.49. The molecule has 8 aromatic carbocycles. The molecule has 2 fully saturated rings. The van der Waals surface area contributed by atoms with E-state index in [-0.39, 0.29) is 72.5 Å². The highest BCUT2D eigenvalue weighted by Gasteiger charge is 2.64. The molecule has 1 spiro atoms. The molecule has 0 aromatic heterocycles. The smallest absolute Gasteiger partial charge is 0.374 e. The Hall–Kier alpha value is -6.07. The maximum atomic E-state index is 16.0. The summed E-state index contributed by atoms with van der Waals surface area (Å²) in [7, 11) is -14.1. The molecule has 0 radical (unpaired) electrons. The predicted molar refractivity (Wildman–Crippen MR) is 314 cm³/mol. The molecule has 6 atom stereocenters. The van der Waals surface area contributed by atoms with Crippen molar-refractivity contribution in [2.75, 3.05) is 13.2 Å². The molecule has 0 N–H and O–H groups in total. The van der Waals surface area contributed by atoms with Gasteiger partial charge in [-0.2, -0.15) is 0 Å². The molecule has 0 amide bonds. The van der Waals surface area contributed by atoms with Crippen LogP contribution >= 0.6 is 23.5 Å². The van der Waals surface area contributed by atoms with Gasteiger partial charge in [-0.05, 0) is 44.5 Å². The Kier molecular flexibility index (Phi) is 22.0. The second-order valence-corrected chi connectivity index (χ2v) is 24.8. The van der Waals surface area contributed by atoms with Crippen molar-refractivity contribution in [3.8, 4) is 0 Å². The van der Waals surface area contributed by atoms with E-state index in [1.807, 2.05) is 243 Å². The number of hydrogen-bond acceptors (Lipinski definition) is 16. The topological polar surface area (TPSA) is 171 Å². The molecule has 0 bridgehead atoms. The van der Waals surface area contributed by atoms with Gasteiger partial charge in [-0.25, -0.2) is 13.7 Å². The van der Waals surface area contributed by atoms with Crippen molar-refractivity contribution < 1.29 is 73.4 Å². The minimum Gasteiger partial charge on any atom is -0.374 e. The quantitative estimate of drug-likeness (QED) is 0.0375. The first-order valence-corrected chi connectivity index (χ1v) is 32.0. The highest BCUT2D eigenvalue weighted by Crippen LogP contribution is 2.61. The fraction of sp³-hybridized carbons (Fsp3) is 0.262. The monoisotopic (exact) mass is 1200 g/mol. The molecule has 16 nitrogen and oxygen atoms in total. The molecule has 84 heavy (non-hydrogen) atoms. The van der Waals surface area contributed by atoms with Crippen LogP contribution in [0, 0.1) is 0 Å². The van der Waals surface area contributed by atoms with Crippen molar-refractivity contribution in [3.05, 3.63) is 287 Å². The van der Waals surface area contributed by atoms with Crippen LogP contribution in [0.4, 0.5) is 0 Å². The molecule has 10 rings (SSSR count). The van der Waals surface area contributed by atoms with Gasteiger partial charge in [0.2, 0.25) is 5.79 Å². The third-order valence-corrected chi connectivity index (χ3v) is 17.9. The molecular formula is C65H67O16P3. The summed E-state index contributed by atoms with van der Waals surface area (Å²) in [4.78, 5) is 0. The van der Waals surface area contributed by atoms with Gasteiger partial charge in [-0.3, -0.25) is 40.7 Å². The molecular weight excluding hydrogens is 1130 g/mol. The van der Waals surface area contributed by atoms with E-state index in [1.54, 1.807) is 0 Å². The Morgan fingerprint density at radius 1 is 0.357 bits per heavy atom. The summed E-state index contributed by atoms with van der Waals surface area (Å²) in [6.07, 6.45) is -7.41. The van der Waals surface area contributed by atoms with Crippen LogP contribution in [0.2, 0.25) is 0 Å². The van der Waals surface area contributed by atoms with E-state index >= 15 is 13.7 Å². The minimum absolute atomic E-state index is 0.0959. The fourth-order valence-electron chi connectivity index (χ4n) is 9.41. The fourth-order valence-corrected chi connectivity index (χ4v) is 13.4. The van der Waals surface area contributed by atoms with Crippen LogP contribution in [0.3, 0.4) is 0 Å². The summed E-state index contributed by atoms with van der Waals surface area (Å²) in [5, 5.41) is 0. The zero-order valence-electron chi connectivity index (χ0n) is 46.1. The Balaban J connectivity index is 1.07. The summed E-state index contributed by atoms with van der Waals surface area (Å²) in [5.41, 5.74) is 5.66. The standard InChI is InChI=1S/C65H67O16P3/c66-82(72-44-54-29-13-3-14-30-54,73-45-55-31-15-4-16-32-55)79-60-41-65(71-50-60)64(70-43-53-27-11-2-12-28-53)63(81-84(68,76-48-58-37-21-7-22-38-58)77-49-59-39-23-8-24-40-59)62(61(78-65)51-69-42-52-25-9-1-10-26-52)80-83(67,74-46-56-33-17-5-18-34-56)75-47-57-35-19-6-20-36-57/h1-40,60-64H,41-51H2/t60-,61+,62+,63-,64+,65-/m0/s1. The molecule has 0 aliphatic carbocycles. The largest absolute Gasteiger partial charge is 0.475 e. The third-order valence-electron chi connectivity index (χ3n) is 13.6. The zero-order valence-corrected chi connectivity index (χ0v) is 48.8. The first-order chi connectivity index (χ1) is 41.1. The van der Waals surface area contributed by atoms with Crippen LogP contribution in [-0.4, -0.2) is 49.5 Å². The van der Waals surface area contributed by atoms with Gasteiger partial charge in [0, 0.05) is 6.42 Å². The average Bonchev–Trinajstić information content (AvgIpc) is 3.93. The van der Waals surface area contributed by atoms with Crippen molar-refractivity contribution in [2.24, 2.45) is 0 Å². The van der Waals surface area contributed by atoms with Gasteiger partial charge in [0.05, 0.1) is 72.2 Å². The third kappa shape index (κ3) is 18.0. The van der Waals surface area contributed by atoms with Gasteiger partial charge < -0.3 is 18.9 Å². The Morgan fingerprint density at radius 3 is 0.976 bits per heavy atom. The van der Waals surface area contributed by atoms with E-state index in [4.69, 9.17) is 59.7 Å². The van der Waals surface area contributed by atoms with E-state index in [2.05, 4.69) is 0 Å². The summed E-state index contributed by atoms with van der Waals surface area (Å²) < 4.78 is 132. The molecule has 2 heterocycles. The molecule has 2 aliphatic heterocycles. The number of phosphoric ester groups is 3. The van der Waals surface area contributed by atoms with Gasteiger partial charge in [-0.1, -0.05) is 243 Å². The molecule has 2 aliphatic rings. The molecule has 0 saturated carbocycles. The lowest BCUT2D eigenvalue weighted by Crippen LogP contribution is -2.66. The van der Waals surface area contributed by atoms with Crippen LogP contribution < -0.4 is 0 Å². The number of phosphoric acid groups is 3.